The highest BCUT2D eigenvalue weighted by molar-refractivity contribution is 6.02. The minimum atomic E-state index is -2.07. The molecule has 16 heteroatoms. The molecule has 1 saturated heterocycles. The van der Waals surface area contributed by atoms with Crippen molar-refractivity contribution in [3.05, 3.63) is 111 Å². The van der Waals surface area contributed by atoms with E-state index in [9.17, 15) is 66.1 Å². The molecule has 1 aliphatic heterocycles. The van der Waals surface area contributed by atoms with Crippen LogP contribution in [-0.2, 0) is 16.0 Å². The van der Waals surface area contributed by atoms with Gasteiger partial charge in [0.2, 0.25) is 6.29 Å². The largest absolute Gasteiger partial charge is 0.508 e. The van der Waals surface area contributed by atoms with Crippen LogP contribution in [0.2, 0.25) is 0 Å². The molecule has 61 heavy (non-hydrogen) atoms. The number of benzene rings is 4. The summed E-state index contributed by atoms with van der Waals surface area (Å²) >= 11 is 0. The average Bonchev–Trinajstić information content (AvgIpc) is 3.17. The number of carbonyl (C=O) groups excluding carboxylic acids is 1. The maximum Gasteiger partial charge on any atom is 0.335 e. The molecule has 8 unspecified atom stereocenters. The molecular formula is C45H46O16. The summed E-state index contributed by atoms with van der Waals surface area (Å²) in [5.74, 6) is -9.61. The van der Waals surface area contributed by atoms with Gasteiger partial charge in [-0.3, -0.25) is 4.79 Å². The van der Waals surface area contributed by atoms with Crippen LogP contribution in [0.25, 0.3) is 12.2 Å². The average molecular weight is 843 g/mol. The molecule has 0 saturated carbocycles. The lowest BCUT2D eigenvalue weighted by Gasteiger charge is -2.39. The van der Waals surface area contributed by atoms with E-state index in [2.05, 4.69) is 0 Å². The molecule has 4 aromatic rings. The number of aliphatic hydroxyl groups excluding tert-OH is 3. The highest BCUT2D eigenvalue weighted by atomic mass is 16.7. The van der Waals surface area contributed by atoms with Gasteiger partial charge in [0, 0.05) is 46.6 Å². The van der Waals surface area contributed by atoms with Crippen molar-refractivity contribution in [2.24, 2.45) is 5.92 Å². The van der Waals surface area contributed by atoms with Gasteiger partial charge in [0.15, 0.2) is 23.4 Å². The number of rotatable bonds is 11. The highest BCUT2D eigenvalue weighted by Crippen LogP contribution is 2.53. The maximum atomic E-state index is 15.5. The number of aliphatic hydroxyl groups is 3. The summed E-state index contributed by atoms with van der Waals surface area (Å²) in [5, 5.41) is 127. The molecule has 0 amide bonds. The van der Waals surface area contributed by atoms with E-state index in [1.54, 1.807) is 32.9 Å². The van der Waals surface area contributed by atoms with Gasteiger partial charge in [-0.2, -0.15) is 0 Å². The summed E-state index contributed by atoms with van der Waals surface area (Å²) in [6, 6.07) is 10.9. The molecule has 0 radical (unpaired) electrons. The molecule has 16 nitrogen and oxygen atoms in total. The molecule has 0 bridgehead atoms. The lowest BCUT2D eigenvalue weighted by Crippen LogP contribution is -2.61. The number of phenols is 8. The minimum absolute atomic E-state index is 0.00623. The van der Waals surface area contributed by atoms with Gasteiger partial charge >= 0.3 is 5.97 Å². The van der Waals surface area contributed by atoms with Gasteiger partial charge in [-0.1, -0.05) is 41.5 Å². The molecule has 6 rings (SSSR count). The maximum absolute atomic E-state index is 15.5. The number of aromatic hydroxyl groups is 8. The summed E-state index contributed by atoms with van der Waals surface area (Å²) in [6.07, 6.45) is -4.06. The number of Topliss-reactive ketones (excluding diaryl/α,β-unsaturated/α-hetero) is 1. The zero-order valence-corrected chi connectivity index (χ0v) is 33.0. The van der Waals surface area contributed by atoms with E-state index in [1.807, 2.05) is 0 Å². The summed E-state index contributed by atoms with van der Waals surface area (Å²) in [7, 11) is 0. The molecule has 1 aliphatic carbocycles. The number of ketones is 1. The number of carboxylic acid groups (broad SMARTS) is 1. The van der Waals surface area contributed by atoms with Crippen molar-refractivity contribution in [3.8, 4) is 51.7 Å². The second kappa shape index (κ2) is 17.5. The molecule has 1 heterocycles. The van der Waals surface area contributed by atoms with Gasteiger partial charge in [0.1, 0.15) is 58.6 Å². The molecule has 322 valence electrons. The van der Waals surface area contributed by atoms with Gasteiger partial charge in [-0.25, -0.2) is 4.79 Å². The summed E-state index contributed by atoms with van der Waals surface area (Å²) in [6.45, 7) is 5.29. The first kappa shape index (κ1) is 43.8. The third-order valence-electron chi connectivity index (χ3n) is 10.9. The van der Waals surface area contributed by atoms with E-state index >= 15 is 4.79 Å². The molecule has 4 aromatic carbocycles. The Labute approximate surface area is 348 Å². The van der Waals surface area contributed by atoms with E-state index in [0.29, 0.717) is 5.57 Å². The number of ether oxygens (including phenoxy) is 2. The Morgan fingerprint density at radius 1 is 0.754 bits per heavy atom. The van der Waals surface area contributed by atoms with Crippen LogP contribution in [-0.4, -0.2) is 104 Å². The van der Waals surface area contributed by atoms with Crippen LogP contribution in [0.1, 0.15) is 77.2 Å². The Hall–Kier alpha value is -6.72. The first-order valence-electron chi connectivity index (χ1n) is 19.1. The van der Waals surface area contributed by atoms with Crippen molar-refractivity contribution in [2.75, 3.05) is 0 Å². The first-order chi connectivity index (χ1) is 28.8. The van der Waals surface area contributed by atoms with E-state index in [4.69, 9.17) is 9.47 Å². The van der Waals surface area contributed by atoms with Gasteiger partial charge in [0.25, 0.3) is 0 Å². The second-order valence-electron chi connectivity index (χ2n) is 15.5. The number of hydrogen-bond donors (Lipinski definition) is 12. The first-order valence-corrected chi connectivity index (χ1v) is 19.1. The summed E-state index contributed by atoms with van der Waals surface area (Å²) in [5.41, 5.74) is 1.62. The molecule has 0 spiro atoms. The molecule has 2 aliphatic rings. The van der Waals surface area contributed by atoms with Gasteiger partial charge < -0.3 is 70.8 Å². The SMILES string of the molecule is CC(C)=CCc1c(O)ccc(C(=O)C2C(c3c(O)cc(/C=C/c4cc(O)c(O)cc4O)cc3O)C=C(C)CC2c2ccc(O)cc2O)c1OC1OC(C(=O)O)C(O)C(O)C1O. The van der Waals surface area contributed by atoms with Crippen molar-refractivity contribution in [1.82, 2.24) is 0 Å². The molecular weight excluding hydrogens is 796 g/mol. The molecule has 12 N–H and O–H groups in total. The van der Waals surface area contributed by atoms with Crippen LogP contribution in [0.3, 0.4) is 0 Å². The predicted octanol–water partition coefficient (Wildman–Crippen LogP) is 5.00. The van der Waals surface area contributed by atoms with Crippen LogP contribution in [0.5, 0.6) is 51.7 Å². The number of hydrogen-bond acceptors (Lipinski definition) is 15. The van der Waals surface area contributed by atoms with Crippen LogP contribution in [0.15, 0.2) is 77.9 Å². The number of allylic oxidation sites excluding steroid dienone is 4. The standard InChI is InChI=1S/C45H46O16/c1-19(2)4-8-25-29(47)11-10-26(42(25)60-45-41(57)39(55)40(56)43(61-45)44(58)59)38(54)36-27(24-9-7-23(46)17-31(24)49)12-20(3)13-28(36)37-34(52)14-21(15-35(37)53)5-6-22-16-32(50)33(51)18-30(22)48/h4-7,9-11,13-18,27-28,36,39-41,43,45-53,55-57H,8,12H2,1-3H3,(H,58,59)/b6-5+. The Balaban J connectivity index is 1.52. The fraction of sp³-hybridized carbons (Fsp3) is 0.289. The van der Waals surface area contributed by atoms with Crippen molar-refractivity contribution in [2.45, 2.75) is 76.2 Å². The smallest absolute Gasteiger partial charge is 0.335 e. The monoisotopic (exact) mass is 842 g/mol. The van der Waals surface area contributed by atoms with Crippen molar-refractivity contribution in [1.29, 1.82) is 0 Å². The molecule has 1 fully saturated rings. The topological polar surface area (TPSA) is 295 Å². The second-order valence-corrected chi connectivity index (χ2v) is 15.5. The fourth-order valence-electron chi connectivity index (χ4n) is 7.84. The third-order valence-corrected chi connectivity index (χ3v) is 10.9. The van der Waals surface area contributed by atoms with E-state index in [-0.39, 0.29) is 75.0 Å². The van der Waals surface area contributed by atoms with Crippen LogP contribution >= 0.6 is 0 Å². The summed E-state index contributed by atoms with van der Waals surface area (Å²) in [4.78, 5) is 27.4. The minimum Gasteiger partial charge on any atom is -0.508 e. The van der Waals surface area contributed by atoms with E-state index in [0.717, 1.165) is 23.8 Å². The van der Waals surface area contributed by atoms with Crippen molar-refractivity contribution < 1.29 is 80.3 Å². The number of carbonyl (C=O) groups is 2. The Morgan fingerprint density at radius 3 is 2.07 bits per heavy atom. The van der Waals surface area contributed by atoms with Gasteiger partial charge in [-0.15, -0.1) is 0 Å². The normalized spacial score (nSPS) is 23.9. The van der Waals surface area contributed by atoms with Crippen LogP contribution in [0.4, 0.5) is 0 Å². The van der Waals surface area contributed by atoms with Crippen molar-refractivity contribution in [3.63, 3.8) is 0 Å². The van der Waals surface area contributed by atoms with Gasteiger partial charge in [0.05, 0.1) is 5.56 Å². The lowest BCUT2D eigenvalue weighted by molar-refractivity contribution is -0.271. The van der Waals surface area contributed by atoms with E-state index in [1.165, 1.54) is 48.6 Å². The summed E-state index contributed by atoms with van der Waals surface area (Å²) < 4.78 is 11.5. The Kier molecular flexibility index (Phi) is 12.6. The van der Waals surface area contributed by atoms with Crippen LogP contribution < -0.4 is 4.74 Å². The number of aliphatic carboxylic acids is 1. The Morgan fingerprint density at radius 2 is 1.43 bits per heavy atom. The van der Waals surface area contributed by atoms with E-state index < -0.39 is 83.2 Å². The highest BCUT2D eigenvalue weighted by Gasteiger charge is 2.49. The van der Waals surface area contributed by atoms with Crippen LogP contribution in [0, 0.1) is 5.92 Å². The quantitative estimate of drug-likeness (QED) is 0.0311. The molecule has 0 aromatic heterocycles. The Bertz CT molecular complexity index is 2420. The zero-order chi connectivity index (χ0) is 44.6. The van der Waals surface area contributed by atoms with Gasteiger partial charge in [-0.05, 0) is 81.1 Å². The fourth-order valence-corrected chi connectivity index (χ4v) is 7.84. The number of carboxylic acids is 1. The predicted molar refractivity (Wildman–Crippen MR) is 218 cm³/mol. The number of phenolic OH excluding ortho intramolecular Hbond substituents is 8. The third kappa shape index (κ3) is 8.93. The lowest BCUT2D eigenvalue weighted by atomic mass is 9.65. The molecule has 8 atom stereocenters. The van der Waals surface area contributed by atoms with Crippen molar-refractivity contribution >= 4 is 23.9 Å². The zero-order valence-electron chi connectivity index (χ0n) is 33.0.